The fourth-order valence-electron chi connectivity index (χ4n) is 1.25. The molecule has 6 heteroatoms. The highest BCUT2D eigenvalue weighted by Crippen LogP contribution is 2.12. The molecule has 0 fully saturated rings. The topological polar surface area (TPSA) is 67.8 Å². The number of pyridine rings is 1. The zero-order valence-electron chi connectivity index (χ0n) is 8.80. The summed E-state index contributed by atoms with van der Waals surface area (Å²) in [5.41, 5.74) is 1.08. The van der Waals surface area contributed by atoms with Crippen molar-refractivity contribution in [2.75, 3.05) is 0 Å². The number of carbonyl (C=O) groups excluding carboxylic acids is 1. The number of amides is 1. The molecule has 0 aliphatic carbocycles. The molecule has 0 unspecified atom stereocenters. The molecule has 0 bridgehead atoms. The van der Waals surface area contributed by atoms with Crippen molar-refractivity contribution < 1.29 is 4.79 Å². The molecule has 2 heterocycles. The predicted molar refractivity (Wildman–Crippen MR) is 62.4 cm³/mol. The normalized spacial score (nSPS) is 9.94. The molecule has 0 saturated heterocycles. The number of nitrogens with zero attached hydrogens (tertiary/aromatic N) is 3. The summed E-state index contributed by atoms with van der Waals surface area (Å²) in [4.78, 5) is 15.6. The van der Waals surface area contributed by atoms with Crippen LogP contribution < -0.4 is 5.32 Å². The van der Waals surface area contributed by atoms with E-state index in [1.165, 1.54) is 12.4 Å². The molecule has 5 nitrogen and oxygen atoms in total. The van der Waals surface area contributed by atoms with E-state index in [1.54, 1.807) is 24.4 Å². The first-order valence-corrected chi connectivity index (χ1v) is 5.29. The molecule has 1 N–H and O–H groups in total. The fraction of sp³-hybridized carbons (Fsp3) is 0.0909. The first-order valence-electron chi connectivity index (χ1n) is 4.91. The van der Waals surface area contributed by atoms with Gasteiger partial charge in [0.15, 0.2) is 0 Å². The Morgan fingerprint density at radius 2 is 2.24 bits per heavy atom. The maximum absolute atomic E-state index is 11.8. The second kappa shape index (κ2) is 5.36. The molecule has 2 aromatic heterocycles. The second-order valence-corrected chi connectivity index (χ2v) is 3.66. The first kappa shape index (κ1) is 11.5. The van der Waals surface area contributed by atoms with Crippen LogP contribution in [0.2, 0.25) is 5.02 Å². The molecule has 1 amide bonds. The van der Waals surface area contributed by atoms with Gasteiger partial charge in [0.25, 0.3) is 5.91 Å². The number of hydrogen-bond donors (Lipinski definition) is 1. The molecule has 86 valence electrons. The Hall–Kier alpha value is -2.01. The lowest BCUT2D eigenvalue weighted by molar-refractivity contribution is 0.0950. The number of aromatic nitrogens is 3. The molecule has 0 atom stereocenters. The summed E-state index contributed by atoms with van der Waals surface area (Å²) in [5.74, 6) is -0.261. The van der Waals surface area contributed by atoms with Crippen molar-refractivity contribution in [3.05, 3.63) is 53.1 Å². The van der Waals surface area contributed by atoms with Gasteiger partial charge in [0.2, 0.25) is 0 Å². The van der Waals surface area contributed by atoms with E-state index in [2.05, 4.69) is 20.5 Å². The van der Waals surface area contributed by atoms with E-state index in [9.17, 15) is 4.79 Å². The Bertz CT molecular complexity index is 518. The molecule has 2 rings (SSSR count). The van der Waals surface area contributed by atoms with Crippen molar-refractivity contribution in [2.45, 2.75) is 6.54 Å². The Labute approximate surface area is 103 Å². The molecule has 0 saturated carbocycles. The second-order valence-electron chi connectivity index (χ2n) is 3.25. The standard InChI is InChI=1S/C11H9ClN4O/c12-10-7-13-5-3-9(10)11(17)14-6-8-2-1-4-15-16-8/h1-5,7H,6H2,(H,14,17). The van der Waals surface area contributed by atoms with Gasteiger partial charge in [-0.15, -0.1) is 0 Å². The van der Waals surface area contributed by atoms with Crippen LogP contribution >= 0.6 is 11.6 Å². The maximum atomic E-state index is 11.8. The van der Waals surface area contributed by atoms with Gasteiger partial charge in [0.05, 0.1) is 22.8 Å². The van der Waals surface area contributed by atoms with Crippen LogP contribution in [0.15, 0.2) is 36.8 Å². The molecule has 0 aliphatic rings. The van der Waals surface area contributed by atoms with Crippen molar-refractivity contribution in [1.82, 2.24) is 20.5 Å². The summed E-state index contributed by atoms with van der Waals surface area (Å²) < 4.78 is 0. The van der Waals surface area contributed by atoms with Crippen LogP contribution in [0.25, 0.3) is 0 Å². The monoisotopic (exact) mass is 248 g/mol. The van der Waals surface area contributed by atoms with Crippen LogP contribution in [0.5, 0.6) is 0 Å². The van der Waals surface area contributed by atoms with E-state index >= 15 is 0 Å². The van der Waals surface area contributed by atoms with Crippen molar-refractivity contribution in [3.63, 3.8) is 0 Å². The third-order valence-electron chi connectivity index (χ3n) is 2.07. The predicted octanol–water partition coefficient (Wildman–Crippen LogP) is 1.46. The van der Waals surface area contributed by atoms with Crippen LogP contribution in [0.1, 0.15) is 16.1 Å². The molecular weight excluding hydrogens is 240 g/mol. The summed E-state index contributed by atoms with van der Waals surface area (Å²) in [6.45, 7) is 0.311. The first-order chi connectivity index (χ1) is 8.27. The minimum atomic E-state index is -0.261. The van der Waals surface area contributed by atoms with Crippen LogP contribution in [-0.4, -0.2) is 21.1 Å². The largest absolute Gasteiger partial charge is 0.346 e. The van der Waals surface area contributed by atoms with Gasteiger partial charge in [-0.1, -0.05) is 11.6 Å². The van der Waals surface area contributed by atoms with E-state index < -0.39 is 0 Å². The minimum absolute atomic E-state index is 0.261. The molecule has 0 spiro atoms. The van der Waals surface area contributed by atoms with Gasteiger partial charge in [-0.25, -0.2) is 0 Å². The summed E-state index contributed by atoms with van der Waals surface area (Å²) >= 11 is 5.85. The van der Waals surface area contributed by atoms with E-state index in [1.807, 2.05) is 0 Å². The molecular formula is C11H9ClN4O. The van der Waals surface area contributed by atoms with Crippen LogP contribution in [-0.2, 0) is 6.54 Å². The van der Waals surface area contributed by atoms with Gasteiger partial charge >= 0.3 is 0 Å². The van der Waals surface area contributed by atoms with E-state index in [0.29, 0.717) is 22.8 Å². The smallest absolute Gasteiger partial charge is 0.253 e. The molecule has 17 heavy (non-hydrogen) atoms. The van der Waals surface area contributed by atoms with Gasteiger partial charge in [0, 0.05) is 18.6 Å². The van der Waals surface area contributed by atoms with Gasteiger partial charge in [-0.3, -0.25) is 9.78 Å². The molecule has 0 aliphatic heterocycles. The van der Waals surface area contributed by atoms with Gasteiger partial charge in [0.1, 0.15) is 0 Å². The lowest BCUT2D eigenvalue weighted by Crippen LogP contribution is -2.23. The molecule has 0 radical (unpaired) electrons. The van der Waals surface area contributed by atoms with Crippen LogP contribution in [0.4, 0.5) is 0 Å². The summed E-state index contributed by atoms with van der Waals surface area (Å²) in [5, 5.41) is 10.6. The van der Waals surface area contributed by atoms with E-state index in [4.69, 9.17) is 11.6 Å². The van der Waals surface area contributed by atoms with Gasteiger partial charge in [-0.2, -0.15) is 10.2 Å². The quantitative estimate of drug-likeness (QED) is 0.893. The average Bonchev–Trinajstić information content (AvgIpc) is 2.38. The highest BCUT2D eigenvalue weighted by atomic mass is 35.5. The van der Waals surface area contributed by atoms with Gasteiger partial charge in [-0.05, 0) is 18.2 Å². The van der Waals surface area contributed by atoms with E-state index in [-0.39, 0.29) is 5.91 Å². The number of rotatable bonds is 3. The zero-order valence-corrected chi connectivity index (χ0v) is 9.55. The summed E-state index contributed by atoms with van der Waals surface area (Å²) in [7, 11) is 0. The highest BCUT2D eigenvalue weighted by molar-refractivity contribution is 6.33. The Balaban J connectivity index is 2.01. The summed E-state index contributed by atoms with van der Waals surface area (Å²) in [6, 6.07) is 5.10. The lowest BCUT2D eigenvalue weighted by Gasteiger charge is -2.05. The average molecular weight is 249 g/mol. The molecule has 2 aromatic rings. The van der Waals surface area contributed by atoms with Crippen molar-refractivity contribution in [2.24, 2.45) is 0 Å². The number of carbonyl (C=O) groups is 1. The third kappa shape index (κ3) is 2.98. The number of hydrogen-bond acceptors (Lipinski definition) is 4. The number of halogens is 1. The Kier molecular flexibility index (Phi) is 3.62. The Morgan fingerprint density at radius 3 is 2.94 bits per heavy atom. The fourth-order valence-corrected chi connectivity index (χ4v) is 1.46. The molecule has 0 aromatic carbocycles. The highest BCUT2D eigenvalue weighted by Gasteiger charge is 2.09. The summed E-state index contributed by atoms with van der Waals surface area (Å²) in [6.07, 6.45) is 4.52. The van der Waals surface area contributed by atoms with Crippen LogP contribution in [0, 0.1) is 0 Å². The van der Waals surface area contributed by atoms with Crippen molar-refractivity contribution in [1.29, 1.82) is 0 Å². The SMILES string of the molecule is O=C(NCc1cccnn1)c1ccncc1Cl. The minimum Gasteiger partial charge on any atom is -0.346 e. The van der Waals surface area contributed by atoms with Gasteiger partial charge < -0.3 is 5.32 Å². The Morgan fingerprint density at radius 1 is 1.35 bits per heavy atom. The third-order valence-corrected chi connectivity index (χ3v) is 2.38. The van der Waals surface area contributed by atoms with Crippen LogP contribution in [0.3, 0.4) is 0 Å². The van der Waals surface area contributed by atoms with Crippen molar-refractivity contribution in [3.8, 4) is 0 Å². The number of nitrogens with one attached hydrogen (secondary N) is 1. The lowest BCUT2D eigenvalue weighted by atomic mass is 10.2. The van der Waals surface area contributed by atoms with Crippen molar-refractivity contribution >= 4 is 17.5 Å². The zero-order chi connectivity index (χ0) is 12.1. The maximum Gasteiger partial charge on any atom is 0.253 e. The van der Waals surface area contributed by atoms with E-state index in [0.717, 1.165) is 0 Å².